The van der Waals surface area contributed by atoms with Gasteiger partial charge < -0.3 is 20.1 Å². The number of hydrogen-bond acceptors (Lipinski definition) is 7. The van der Waals surface area contributed by atoms with Crippen molar-refractivity contribution < 1.29 is 22.6 Å². The Morgan fingerprint density at radius 2 is 2.00 bits per heavy atom. The summed E-state index contributed by atoms with van der Waals surface area (Å²) in [7, 11) is 1.80. The highest BCUT2D eigenvalue weighted by Crippen LogP contribution is 2.47. The number of aryl methyl sites for hydroxylation is 1. The lowest BCUT2D eigenvalue weighted by molar-refractivity contribution is -0.137. The molecule has 1 saturated carbocycles. The molecule has 3 aliphatic rings. The molecule has 0 bridgehead atoms. The zero-order chi connectivity index (χ0) is 25.0. The molecule has 2 aliphatic heterocycles. The second-order valence-electron chi connectivity index (χ2n) is 10.2. The van der Waals surface area contributed by atoms with Crippen LogP contribution in [-0.4, -0.2) is 64.5 Å². The van der Waals surface area contributed by atoms with E-state index in [0.717, 1.165) is 29.8 Å². The maximum absolute atomic E-state index is 14.4. The van der Waals surface area contributed by atoms with Gasteiger partial charge in [-0.05, 0) is 49.3 Å². The number of ether oxygens (including phenoxy) is 2. The molecule has 0 spiro atoms. The number of rotatable bonds is 4. The number of hydrogen-bond donors (Lipinski definition) is 1. The molecular formula is C25H29F3N6O2. The van der Waals surface area contributed by atoms with Crippen LogP contribution in [0.15, 0.2) is 30.5 Å². The fourth-order valence-corrected chi connectivity index (χ4v) is 6.25. The van der Waals surface area contributed by atoms with Gasteiger partial charge in [0.2, 0.25) is 0 Å². The summed E-state index contributed by atoms with van der Waals surface area (Å²) in [6.45, 7) is 1.96. The van der Waals surface area contributed by atoms with Gasteiger partial charge in [-0.2, -0.15) is 18.3 Å². The van der Waals surface area contributed by atoms with Crippen LogP contribution in [0.25, 0.3) is 22.2 Å². The molecule has 1 aliphatic carbocycles. The lowest BCUT2D eigenvalue weighted by Crippen LogP contribution is -2.41. The third-order valence-electron chi connectivity index (χ3n) is 7.77. The van der Waals surface area contributed by atoms with Crippen molar-refractivity contribution in [2.45, 2.75) is 43.6 Å². The van der Waals surface area contributed by atoms with E-state index in [9.17, 15) is 13.2 Å². The SMILES string of the molecule is Cn1cc2cc(-c3cc(C(F)(F)F)c(N4C[C@H]5C[C@H](N)C[C@@H]5[C@@H]4C[C@H]4COCCO4)nn3)ccc2n1. The van der Waals surface area contributed by atoms with Crippen LogP contribution < -0.4 is 10.6 Å². The molecule has 192 valence electrons. The van der Waals surface area contributed by atoms with Crippen molar-refractivity contribution in [2.24, 2.45) is 24.6 Å². The highest BCUT2D eigenvalue weighted by molar-refractivity contribution is 5.83. The quantitative estimate of drug-likeness (QED) is 0.585. The average Bonchev–Trinajstić information content (AvgIpc) is 3.50. The highest BCUT2D eigenvalue weighted by Gasteiger charge is 2.50. The second-order valence-corrected chi connectivity index (χ2v) is 10.2. The van der Waals surface area contributed by atoms with Crippen molar-refractivity contribution in [1.29, 1.82) is 0 Å². The van der Waals surface area contributed by atoms with Crippen molar-refractivity contribution in [2.75, 3.05) is 31.3 Å². The molecule has 0 unspecified atom stereocenters. The van der Waals surface area contributed by atoms with E-state index in [-0.39, 0.29) is 41.5 Å². The molecule has 2 aromatic heterocycles. The molecule has 1 aromatic carbocycles. The lowest BCUT2D eigenvalue weighted by atomic mass is 9.90. The van der Waals surface area contributed by atoms with Crippen LogP contribution in [0.2, 0.25) is 0 Å². The van der Waals surface area contributed by atoms with Gasteiger partial charge in [-0.1, -0.05) is 6.07 Å². The summed E-state index contributed by atoms with van der Waals surface area (Å²) in [4.78, 5) is 1.81. The van der Waals surface area contributed by atoms with E-state index in [1.54, 1.807) is 29.9 Å². The lowest BCUT2D eigenvalue weighted by Gasteiger charge is -2.34. The number of aromatic nitrogens is 4. The largest absolute Gasteiger partial charge is 0.420 e. The third-order valence-corrected chi connectivity index (χ3v) is 7.77. The van der Waals surface area contributed by atoms with E-state index in [1.165, 1.54) is 0 Å². The molecule has 5 atom stereocenters. The monoisotopic (exact) mass is 502 g/mol. The van der Waals surface area contributed by atoms with Gasteiger partial charge in [0, 0.05) is 42.8 Å². The maximum atomic E-state index is 14.4. The Morgan fingerprint density at radius 3 is 2.78 bits per heavy atom. The van der Waals surface area contributed by atoms with Crippen molar-refractivity contribution in [3.63, 3.8) is 0 Å². The van der Waals surface area contributed by atoms with Crippen molar-refractivity contribution in [3.05, 3.63) is 36.0 Å². The third kappa shape index (κ3) is 4.33. The van der Waals surface area contributed by atoms with E-state index in [0.29, 0.717) is 38.3 Å². The molecular weight excluding hydrogens is 473 g/mol. The van der Waals surface area contributed by atoms with E-state index in [2.05, 4.69) is 15.3 Å². The maximum Gasteiger partial charge on any atom is 0.420 e. The molecule has 36 heavy (non-hydrogen) atoms. The van der Waals surface area contributed by atoms with E-state index in [4.69, 9.17) is 15.2 Å². The molecule has 8 nitrogen and oxygen atoms in total. The van der Waals surface area contributed by atoms with Gasteiger partial charge in [0.15, 0.2) is 5.82 Å². The fourth-order valence-electron chi connectivity index (χ4n) is 6.25. The van der Waals surface area contributed by atoms with Crippen LogP contribution in [0.5, 0.6) is 0 Å². The number of alkyl halides is 3. The van der Waals surface area contributed by atoms with Crippen molar-refractivity contribution in [3.8, 4) is 11.3 Å². The summed E-state index contributed by atoms with van der Waals surface area (Å²) >= 11 is 0. The molecule has 6 rings (SSSR count). The van der Waals surface area contributed by atoms with Crippen molar-refractivity contribution in [1.82, 2.24) is 20.0 Å². The van der Waals surface area contributed by atoms with Gasteiger partial charge in [0.25, 0.3) is 0 Å². The molecule has 3 fully saturated rings. The minimum Gasteiger partial charge on any atom is -0.376 e. The first-order valence-corrected chi connectivity index (χ1v) is 12.4. The highest BCUT2D eigenvalue weighted by atomic mass is 19.4. The predicted octanol–water partition coefficient (Wildman–Crippen LogP) is 3.40. The molecule has 0 radical (unpaired) electrons. The number of benzene rings is 1. The van der Waals surface area contributed by atoms with Crippen LogP contribution in [0, 0.1) is 11.8 Å². The first-order chi connectivity index (χ1) is 17.3. The smallest absolute Gasteiger partial charge is 0.376 e. The van der Waals surface area contributed by atoms with Gasteiger partial charge in [-0.25, -0.2) is 0 Å². The van der Waals surface area contributed by atoms with Gasteiger partial charge in [0.1, 0.15) is 5.56 Å². The van der Waals surface area contributed by atoms with Gasteiger partial charge in [-0.15, -0.1) is 10.2 Å². The number of anilines is 1. The Bertz CT molecular complexity index is 1260. The van der Waals surface area contributed by atoms with Crippen molar-refractivity contribution >= 4 is 16.7 Å². The first kappa shape index (κ1) is 23.6. The Kier molecular flexibility index (Phi) is 5.88. The average molecular weight is 503 g/mol. The summed E-state index contributed by atoms with van der Waals surface area (Å²) in [6.07, 6.45) is -0.751. The number of halogens is 3. The molecule has 2 saturated heterocycles. The zero-order valence-corrected chi connectivity index (χ0v) is 20.0. The summed E-state index contributed by atoms with van der Waals surface area (Å²) in [6, 6.07) is 6.33. The summed E-state index contributed by atoms with van der Waals surface area (Å²) in [5.41, 5.74) is 6.98. The Labute approximate surface area is 206 Å². The molecule has 2 N–H and O–H groups in total. The first-order valence-electron chi connectivity index (χ1n) is 12.4. The summed E-state index contributed by atoms with van der Waals surface area (Å²) in [5.74, 6) is 0.310. The number of nitrogens with two attached hydrogens (primary N) is 1. The molecule has 11 heteroatoms. The van der Waals surface area contributed by atoms with Gasteiger partial charge in [0.05, 0.1) is 37.1 Å². The molecule has 3 aromatic rings. The van der Waals surface area contributed by atoms with Crippen LogP contribution in [0.4, 0.5) is 19.0 Å². The van der Waals surface area contributed by atoms with Crippen LogP contribution >= 0.6 is 0 Å². The predicted molar refractivity (Wildman–Crippen MR) is 127 cm³/mol. The topological polar surface area (TPSA) is 91.3 Å². The Morgan fingerprint density at radius 1 is 1.14 bits per heavy atom. The van der Waals surface area contributed by atoms with Crippen LogP contribution in [-0.2, 0) is 22.7 Å². The van der Waals surface area contributed by atoms with Gasteiger partial charge in [-0.3, -0.25) is 4.68 Å². The second kappa shape index (κ2) is 8.97. The fraction of sp³-hybridized carbons (Fsp3) is 0.560. The van der Waals surface area contributed by atoms with Crippen LogP contribution in [0.3, 0.4) is 0 Å². The number of nitrogens with zero attached hydrogens (tertiary/aromatic N) is 5. The minimum absolute atomic E-state index is 0.0751. The number of fused-ring (bicyclic) bond motifs is 2. The Balaban J connectivity index is 1.37. The van der Waals surface area contributed by atoms with E-state index < -0.39 is 11.7 Å². The summed E-state index contributed by atoms with van der Waals surface area (Å²) < 4.78 is 56.3. The standard InChI is InChI=1S/C25H29F3N6O2/c1-33-11-16-6-14(2-3-21(16)32-33)22-10-20(25(26,27)28)24(31-30-22)34-12-15-7-17(29)8-19(15)23(34)9-18-13-35-4-5-36-18/h2-3,6,10-11,15,17-19,23H,4-5,7-9,12-13,29H2,1H3/t15-,17+,18+,19+,23+/m1/s1. The normalized spacial score (nSPS) is 28.7. The van der Waals surface area contributed by atoms with E-state index >= 15 is 0 Å². The van der Waals surface area contributed by atoms with Crippen LogP contribution in [0.1, 0.15) is 24.8 Å². The van der Waals surface area contributed by atoms with E-state index in [1.807, 2.05) is 11.1 Å². The Hall–Kier alpha value is -2.76. The summed E-state index contributed by atoms with van der Waals surface area (Å²) in [5, 5.41) is 13.6. The molecule has 4 heterocycles. The van der Waals surface area contributed by atoms with Gasteiger partial charge >= 0.3 is 6.18 Å². The minimum atomic E-state index is -4.58. The zero-order valence-electron chi connectivity index (χ0n) is 20.0. The molecule has 0 amide bonds.